The predicted octanol–water partition coefficient (Wildman–Crippen LogP) is 2.17. The fourth-order valence-corrected chi connectivity index (χ4v) is 4.71. The van der Waals surface area contributed by atoms with Gasteiger partial charge in [-0.1, -0.05) is 6.92 Å². The van der Waals surface area contributed by atoms with E-state index in [1.54, 1.807) is 30.0 Å². The quantitative estimate of drug-likeness (QED) is 0.855. The molecule has 2 fully saturated rings. The number of hydrogen-bond acceptors (Lipinski definition) is 5. The minimum atomic E-state index is -0.360. The van der Waals surface area contributed by atoms with Crippen LogP contribution in [0.4, 0.5) is 0 Å². The number of carbonyl (C=O) groups is 1. The summed E-state index contributed by atoms with van der Waals surface area (Å²) < 4.78 is 7.02. The lowest BCUT2D eigenvalue weighted by Crippen LogP contribution is -2.49. The second kappa shape index (κ2) is 7.54. The molecule has 7 heteroatoms. The predicted molar refractivity (Wildman–Crippen MR) is 108 cm³/mol. The molecule has 3 heterocycles. The van der Waals surface area contributed by atoms with Crippen LogP contribution in [0.15, 0.2) is 23.0 Å². The third kappa shape index (κ3) is 3.28. The normalized spacial score (nSPS) is 24.5. The van der Waals surface area contributed by atoms with E-state index in [0.29, 0.717) is 35.3 Å². The van der Waals surface area contributed by atoms with E-state index in [0.717, 1.165) is 19.3 Å². The Labute approximate surface area is 164 Å². The summed E-state index contributed by atoms with van der Waals surface area (Å²) in [5, 5.41) is 8.01. The molecule has 0 aliphatic carbocycles. The molecular formula is C21H28N4O3. The Bertz CT molecular complexity index is 941. The maximum absolute atomic E-state index is 13.0. The van der Waals surface area contributed by atoms with Crippen LogP contribution in [-0.2, 0) is 6.54 Å². The fraction of sp³-hybridized carbons (Fsp3) is 0.571. The number of amides is 1. The maximum Gasteiger partial charge on any atom is 0.276 e. The smallest absolute Gasteiger partial charge is 0.276 e. The molecule has 1 aromatic carbocycles. The van der Waals surface area contributed by atoms with Crippen molar-refractivity contribution in [2.45, 2.75) is 63.7 Å². The molecule has 2 unspecified atom stereocenters. The van der Waals surface area contributed by atoms with E-state index >= 15 is 0 Å². The van der Waals surface area contributed by atoms with Gasteiger partial charge in [-0.25, -0.2) is 0 Å². The second-order valence-corrected chi connectivity index (χ2v) is 7.98. The van der Waals surface area contributed by atoms with E-state index in [1.165, 1.54) is 12.8 Å². The van der Waals surface area contributed by atoms with Crippen LogP contribution in [0.5, 0.6) is 5.75 Å². The summed E-state index contributed by atoms with van der Waals surface area (Å²) >= 11 is 0. The molecular weight excluding hydrogens is 356 g/mol. The van der Waals surface area contributed by atoms with Crippen LogP contribution in [0.1, 0.15) is 49.5 Å². The number of methoxy groups -OCH3 is 1. The van der Waals surface area contributed by atoms with Gasteiger partial charge in [0.25, 0.3) is 5.91 Å². The molecule has 28 heavy (non-hydrogen) atoms. The third-order valence-corrected chi connectivity index (χ3v) is 6.25. The highest BCUT2D eigenvalue weighted by atomic mass is 16.5. The van der Waals surface area contributed by atoms with Crippen molar-refractivity contribution in [1.29, 1.82) is 0 Å². The molecule has 4 rings (SSSR count). The van der Waals surface area contributed by atoms with Crippen LogP contribution in [0.2, 0.25) is 0 Å². The first-order valence-electron chi connectivity index (χ1n) is 10.1. The van der Waals surface area contributed by atoms with Gasteiger partial charge in [0.15, 0.2) is 5.69 Å². The van der Waals surface area contributed by atoms with Crippen molar-refractivity contribution in [3.05, 3.63) is 34.1 Å². The van der Waals surface area contributed by atoms with E-state index in [1.807, 2.05) is 6.92 Å². The van der Waals surface area contributed by atoms with E-state index in [9.17, 15) is 9.59 Å². The number of aryl methyl sites for hydroxylation is 1. The number of nitrogens with one attached hydrogen (secondary N) is 1. The van der Waals surface area contributed by atoms with Crippen molar-refractivity contribution in [3.63, 3.8) is 0 Å². The number of ether oxygens (including phenoxy) is 1. The standard InChI is InChI=1S/C21H28N4O3/c1-4-9-25-18-12-16(28-3)7-8-17(18)20(26)19(23-25)21(27)22-13-10-14-5-6-15(11-13)24(14)2/h7-8,12-15H,4-6,9-11H2,1-3H3,(H,22,27). The van der Waals surface area contributed by atoms with Gasteiger partial charge in [0, 0.05) is 30.7 Å². The zero-order chi connectivity index (χ0) is 19.8. The molecule has 2 atom stereocenters. The van der Waals surface area contributed by atoms with E-state index in [-0.39, 0.29) is 23.1 Å². The zero-order valence-corrected chi connectivity index (χ0v) is 16.8. The van der Waals surface area contributed by atoms with E-state index < -0.39 is 0 Å². The Morgan fingerprint density at radius 3 is 2.64 bits per heavy atom. The first-order chi connectivity index (χ1) is 13.5. The molecule has 7 nitrogen and oxygen atoms in total. The molecule has 1 N–H and O–H groups in total. The molecule has 150 valence electrons. The minimum absolute atomic E-state index is 0.0163. The van der Waals surface area contributed by atoms with Crippen molar-refractivity contribution < 1.29 is 9.53 Å². The molecule has 2 aromatic rings. The van der Waals surface area contributed by atoms with Crippen LogP contribution in [0.25, 0.3) is 10.9 Å². The van der Waals surface area contributed by atoms with Gasteiger partial charge < -0.3 is 15.0 Å². The summed E-state index contributed by atoms with van der Waals surface area (Å²) in [6.45, 7) is 2.67. The number of nitrogens with zero attached hydrogens (tertiary/aromatic N) is 3. The molecule has 1 aromatic heterocycles. The maximum atomic E-state index is 13.0. The van der Waals surface area contributed by atoms with Crippen LogP contribution in [0.3, 0.4) is 0 Å². The van der Waals surface area contributed by atoms with Crippen molar-refractivity contribution in [2.24, 2.45) is 0 Å². The van der Waals surface area contributed by atoms with E-state index in [4.69, 9.17) is 4.74 Å². The highest BCUT2D eigenvalue weighted by molar-refractivity contribution is 5.95. The number of rotatable bonds is 5. The van der Waals surface area contributed by atoms with Gasteiger partial charge in [-0.05, 0) is 51.3 Å². The molecule has 2 bridgehead atoms. The summed E-state index contributed by atoms with van der Waals surface area (Å²) in [5.41, 5.74) is 0.357. The summed E-state index contributed by atoms with van der Waals surface area (Å²) in [4.78, 5) is 28.4. The van der Waals surface area contributed by atoms with Crippen LogP contribution in [-0.4, -0.2) is 52.9 Å². The van der Waals surface area contributed by atoms with Gasteiger partial charge in [-0.2, -0.15) is 5.10 Å². The SMILES string of the molecule is CCCn1nc(C(=O)NC2CC3CCC(C2)N3C)c(=O)c2ccc(OC)cc21. The van der Waals surface area contributed by atoms with Crippen molar-refractivity contribution in [1.82, 2.24) is 20.0 Å². The Hall–Kier alpha value is -2.41. The van der Waals surface area contributed by atoms with Gasteiger partial charge in [0.2, 0.25) is 5.43 Å². The van der Waals surface area contributed by atoms with Crippen molar-refractivity contribution in [3.8, 4) is 5.75 Å². The highest BCUT2D eigenvalue weighted by Gasteiger charge is 2.39. The molecule has 1 amide bonds. The Morgan fingerprint density at radius 1 is 1.29 bits per heavy atom. The van der Waals surface area contributed by atoms with Crippen molar-refractivity contribution in [2.75, 3.05) is 14.2 Å². The minimum Gasteiger partial charge on any atom is -0.497 e. The van der Waals surface area contributed by atoms with Gasteiger partial charge in [0.05, 0.1) is 18.0 Å². The number of benzene rings is 1. The Morgan fingerprint density at radius 2 is 2.00 bits per heavy atom. The number of aromatic nitrogens is 2. The molecule has 2 aliphatic heterocycles. The van der Waals surface area contributed by atoms with Gasteiger partial charge >= 0.3 is 0 Å². The molecule has 0 spiro atoms. The average Bonchev–Trinajstić information content (AvgIpc) is 2.90. The van der Waals surface area contributed by atoms with E-state index in [2.05, 4.69) is 22.4 Å². The Balaban J connectivity index is 1.65. The van der Waals surface area contributed by atoms with Crippen LogP contribution in [0, 0.1) is 0 Å². The third-order valence-electron chi connectivity index (χ3n) is 6.25. The molecule has 2 saturated heterocycles. The van der Waals surface area contributed by atoms with Gasteiger partial charge in [-0.3, -0.25) is 14.3 Å². The fourth-order valence-electron chi connectivity index (χ4n) is 4.71. The lowest BCUT2D eigenvalue weighted by Gasteiger charge is -2.36. The lowest BCUT2D eigenvalue weighted by atomic mass is 9.98. The van der Waals surface area contributed by atoms with Gasteiger partial charge in [-0.15, -0.1) is 0 Å². The first kappa shape index (κ1) is 18.9. The monoisotopic (exact) mass is 384 g/mol. The van der Waals surface area contributed by atoms with Gasteiger partial charge in [0.1, 0.15) is 5.75 Å². The Kier molecular flexibility index (Phi) is 5.10. The van der Waals surface area contributed by atoms with Crippen LogP contribution >= 0.6 is 0 Å². The topological polar surface area (TPSA) is 76.5 Å². The van der Waals surface area contributed by atoms with Crippen molar-refractivity contribution >= 4 is 16.8 Å². The summed E-state index contributed by atoms with van der Waals surface area (Å²) in [5.74, 6) is 0.305. The largest absolute Gasteiger partial charge is 0.497 e. The average molecular weight is 384 g/mol. The zero-order valence-electron chi connectivity index (χ0n) is 16.8. The first-order valence-corrected chi connectivity index (χ1v) is 10.1. The summed E-state index contributed by atoms with van der Waals surface area (Å²) in [6, 6.07) is 6.42. The number of hydrogen-bond donors (Lipinski definition) is 1. The number of fused-ring (bicyclic) bond motifs is 3. The highest BCUT2D eigenvalue weighted by Crippen LogP contribution is 2.34. The molecule has 2 aliphatic rings. The summed E-state index contributed by atoms with van der Waals surface area (Å²) in [6.07, 6.45) is 5.10. The summed E-state index contributed by atoms with van der Waals surface area (Å²) in [7, 11) is 3.76. The second-order valence-electron chi connectivity index (χ2n) is 7.98. The van der Waals surface area contributed by atoms with Crippen LogP contribution < -0.4 is 15.5 Å². The lowest BCUT2D eigenvalue weighted by molar-refractivity contribution is 0.0874. The number of piperidine rings is 1. The number of carbonyl (C=O) groups excluding carboxylic acids is 1. The molecule has 0 saturated carbocycles. The molecule has 0 radical (unpaired) electrons.